The molecule has 1 amide bonds. The molecule has 0 fully saturated rings. The Morgan fingerprint density at radius 1 is 1.25 bits per heavy atom. The summed E-state index contributed by atoms with van der Waals surface area (Å²) >= 11 is 6.03. The van der Waals surface area contributed by atoms with Crippen molar-refractivity contribution in [3.63, 3.8) is 0 Å². The van der Waals surface area contributed by atoms with Gasteiger partial charge in [-0.25, -0.2) is 9.37 Å². The topological polar surface area (TPSA) is 64.4 Å². The molecular formula is C25H20ClFN2O3. The number of halogens is 2. The summed E-state index contributed by atoms with van der Waals surface area (Å²) in [7, 11) is 0. The molecule has 0 aliphatic rings. The normalized spacial score (nSPS) is 11.6. The molecule has 2 aromatic carbocycles. The fourth-order valence-electron chi connectivity index (χ4n) is 3.41. The van der Waals surface area contributed by atoms with E-state index in [4.69, 9.17) is 20.8 Å². The first-order chi connectivity index (χ1) is 15.5. The van der Waals surface area contributed by atoms with Crippen LogP contribution in [0.3, 0.4) is 0 Å². The highest BCUT2D eigenvalue weighted by molar-refractivity contribution is 6.32. The third-order valence-electron chi connectivity index (χ3n) is 4.92. The van der Waals surface area contributed by atoms with Gasteiger partial charge in [0.15, 0.2) is 5.15 Å². The van der Waals surface area contributed by atoms with Crippen molar-refractivity contribution in [3.8, 4) is 16.9 Å². The van der Waals surface area contributed by atoms with E-state index in [2.05, 4.69) is 10.3 Å². The van der Waals surface area contributed by atoms with Gasteiger partial charge in [-0.2, -0.15) is 0 Å². The number of benzene rings is 2. The Morgan fingerprint density at radius 2 is 2.03 bits per heavy atom. The molecule has 4 aromatic rings. The first kappa shape index (κ1) is 21.6. The van der Waals surface area contributed by atoms with Crippen LogP contribution in [0.4, 0.5) is 10.1 Å². The van der Waals surface area contributed by atoms with Crippen LogP contribution in [0.15, 0.2) is 71.5 Å². The van der Waals surface area contributed by atoms with Crippen molar-refractivity contribution in [1.29, 1.82) is 0 Å². The average molecular weight is 451 g/mol. The monoisotopic (exact) mass is 450 g/mol. The van der Waals surface area contributed by atoms with Crippen molar-refractivity contribution in [1.82, 2.24) is 4.98 Å². The Kier molecular flexibility index (Phi) is 6.23. The number of hydrogen-bond donors (Lipinski definition) is 1. The molecular weight excluding hydrogens is 431 g/mol. The number of anilines is 1. The molecule has 4 rings (SSSR count). The van der Waals surface area contributed by atoms with Gasteiger partial charge in [0.2, 0.25) is 5.91 Å². The molecule has 0 unspecified atom stereocenters. The van der Waals surface area contributed by atoms with Gasteiger partial charge in [0.25, 0.3) is 0 Å². The minimum Gasteiger partial charge on any atom is -0.493 e. The van der Waals surface area contributed by atoms with Crippen LogP contribution in [-0.4, -0.2) is 17.5 Å². The minimum atomic E-state index is -0.342. The Balaban J connectivity index is 1.73. The Morgan fingerprint density at radius 3 is 2.75 bits per heavy atom. The second-order valence-corrected chi connectivity index (χ2v) is 7.45. The summed E-state index contributed by atoms with van der Waals surface area (Å²) < 4.78 is 24.9. The molecule has 2 aromatic heterocycles. The summed E-state index contributed by atoms with van der Waals surface area (Å²) in [5.74, 6) is -0.0498. The van der Waals surface area contributed by atoms with Crippen molar-refractivity contribution in [3.05, 3.63) is 83.6 Å². The van der Waals surface area contributed by atoms with Crippen LogP contribution in [0, 0.1) is 5.82 Å². The Labute approximate surface area is 189 Å². The van der Waals surface area contributed by atoms with Gasteiger partial charge in [0.1, 0.15) is 17.1 Å². The zero-order chi connectivity index (χ0) is 22.7. The third-order valence-corrected chi connectivity index (χ3v) is 5.22. The SMILES string of the molecule is CCOc1cc2occ(-c3ccc(F)cc3)c2cc1/C(C)=C/C(=O)Nc1cccnc1Cl. The highest BCUT2D eigenvalue weighted by Gasteiger charge is 2.15. The Hall–Kier alpha value is -3.64. The van der Waals surface area contributed by atoms with E-state index in [1.165, 1.54) is 18.2 Å². The van der Waals surface area contributed by atoms with E-state index >= 15 is 0 Å². The lowest BCUT2D eigenvalue weighted by molar-refractivity contribution is -0.111. The molecule has 2 heterocycles. The van der Waals surface area contributed by atoms with Gasteiger partial charge in [-0.3, -0.25) is 4.79 Å². The second-order valence-electron chi connectivity index (χ2n) is 7.09. The number of rotatable bonds is 6. The predicted molar refractivity (Wildman–Crippen MR) is 124 cm³/mol. The van der Waals surface area contributed by atoms with Gasteiger partial charge in [-0.1, -0.05) is 23.7 Å². The van der Waals surface area contributed by atoms with Crippen LogP contribution in [0.25, 0.3) is 27.7 Å². The summed E-state index contributed by atoms with van der Waals surface area (Å²) in [6, 6.07) is 13.3. The van der Waals surface area contributed by atoms with E-state index in [0.29, 0.717) is 29.2 Å². The number of nitrogens with zero attached hydrogens (tertiary/aromatic N) is 1. The van der Waals surface area contributed by atoms with Crippen molar-refractivity contribution < 1.29 is 18.3 Å². The number of allylic oxidation sites excluding steroid dienone is 1. The van der Waals surface area contributed by atoms with Crippen LogP contribution in [0.5, 0.6) is 5.75 Å². The lowest BCUT2D eigenvalue weighted by Crippen LogP contribution is -2.09. The molecule has 1 N–H and O–H groups in total. The van der Waals surface area contributed by atoms with Crippen molar-refractivity contribution in [2.45, 2.75) is 13.8 Å². The number of carbonyl (C=O) groups excluding carboxylic acids is 1. The smallest absolute Gasteiger partial charge is 0.248 e. The van der Waals surface area contributed by atoms with Gasteiger partial charge in [-0.05, 0) is 55.3 Å². The summed E-state index contributed by atoms with van der Waals surface area (Å²) in [5.41, 5.74) is 4.15. The van der Waals surface area contributed by atoms with Gasteiger partial charge >= 0.3 is 0 Å². The maximum atomic E-state index is 13.4. The molecule has 0 atom stereocenters. The van der Waals surface area contributed by atoms with Crippen molar-refractivity contribution in [2.75, 3.05) is 11.9 Å². The highest BCUT2D eigenvalue weighted by Crippen LogP contribution is 2.37. The van der Waals surface area contributed by atoms with E-state index < -0.39 is 0 Å². The summed E-state index contributed by atoms with van der Waals surface area (Å²) in [6.07, 6.45) is 4.66. The molecule has 0 saturated heterocycles. The zero-order valence-electron chi connectivity index (χ0n) is 17.5. The number of aromatic nitrogens is 1. The number of fused-ring (bicyclic) bond motifs is 1. The summed E-state index contributed by atoms with van der Waals surface area (Å²) in [5, 5.41) is 3.78. The van der Waals surface area contributed by atoms with Gasteiger partial charge < -0.3 is 14.5 Å². The van der Waals surface area contributed by atoms with Gasteiger partial charge in [0.05, 0.1) is 18.6 Å². The molecule has 7 heteroatoms. The van der Waals surface area contributed by atoms with E-state index in [0.717, 1.165) is 22.1 Å². The molecule has 0 spiro atoms. The van der Waals surface area contributed by atoms with E-state index in [9.17, 15) is 9.18 Å². The van der Waals surface area contributed by atoms with Crippen LogP contribution in [0.2, 0.25) is 5.15 Å². The standard InChI is InChI=1S/C25H20ClFN2O3/c1-3-31-22-13-23-19(20(14-32-23)16-6-8-17(27)9-7-16)12-18(22)15(2)11-24(30)29-21-5-4-10-28-25(21)26/h4-14H,3H2,1-2H3,(H,29,30)/b15-11+. The van der Waals surface area contributed by atoms with E-state index in [-0.39, 0.29) is 16.9 Å². The number of carbonyl (C=O) groups is 1. The average Bonchev–Trinajstić information content (AvgIpc) is 3.18. The lowest BCUT2D eigenvalue weighted by atomic mass is 9.99. The van der Waals surface area contributed by atoms with Crippen molar-refractivity contribution >= 4 is 39.7 Å². The lowest BCUT2D eigenvalue weighted by Gasteiger charge is -2.12. The number of amides is 1. The molecule has 0 bridgehead atoms. The third kappa shape index (κ3) is 4.50. The minimum absolute atomic E-state index is 0.214. The molecule has 162 valence electrons. The van der Waals surface area contributed by atoms with Crippen LogP contribution >= 0.6 is 11.6 Å². The maximum Gasteiger partial charge on any atom is 0.248 e. The predicted octanol–water partition coefficient (Wildman–Crippen LogP) is 6.73. The molecule has 0 aliphatic carbocycles. The number of pyridine rings is 1. The van der Waals surface area contributed by atoms with Crippen LogP contribution < -0.4 is 10.1 Å². The largest absolute Gasteiger partial charge is 0.493 e. The molecule has 32 heavy (non-hydrogen) atoms. The molecule has 5 nitrogen and oxygen atoms in total. The van der Waals surface area contributed by atoms with Crippen LogP contribution in [0.1, 0.15) is 19.4 Å². The van der Waals surface area contributed by atoms with Crippen molar-refractivity contribution in [2.24, 2.45) is 0 Å². The summed E-state index contributed by atoms with van der Waals surface area (Å²) in [6.45, 7) is 4.16. The van der Waals surface area contributed by atoms with E-state index in [1.54, 1.807) is 42.8 Å². The Bertz CT molecular complexity index is 1310. The molecule has 0 aliphatic heterocycles. The number of ether oxygens (including phenoxy) is 1. The maximum absolute atomic E-state index is 13.4. The molecule has 0 radical (unpaired) electrons. The first-order valence-corrected chi connectivity index (χ1v) is 10.4. The summed E-state index contributed by atoms with van der Waals surface area (Å²) in [4.78, 5) is 16.5. The first-order valence-electron chi connectivity index (χ1n) is 10.0. The highest BCUT2D eigenvalue weighted by atomic mass is 35.5. The zero-order valence-corrected chi connectivity index (χ0v) is 18.2. The fraction of sp³-hybridized carbons (Fsp3) is 0.120. The van der Waals surface area contributed by atoms with Gasteiger partial charge in [-0.15, -0.1) is 0 Å². The fourth-order valence-corrected chi connectivity index (χ4v) is 3.58. The van der Waals surface area contributed by atoms with Crippen LogP contribution in [-0.2, 0) is 4.79 Å². The van der Waals surface area contributed by atoms with Gasteiger partial charge in [0, 0.05) is 34.9 Å². The van der Waals surface area contributed by atoms with E-state index in [1.807, 2.05) is 19.9 Å². The second kappa shape index (κ2) is 9.24. The number of nitrogens with one attached hydrogen (secondary N) is 1. The number of furan rings is 1. The number of hydrogen-bond acceptors (Lipinski definition) is 4. The quantitative estimate of drug-likeness (QED) is 0.261. The molecule has 0 saturated carbocycles.